The van der Waals surface area contributed by atoms with E-state index in [9.17, 15) is 18.0 Å². The molecular weight excluding hydrogens is 581 g/mol. The van der Waals surface area contributed by atoms with Crippen LogP contribution in [0.1, 0.15) is 42.5 Å². The fourth-order valence-corrected chi connectivity index (χ4v) is 6.04. The molecule has 2 amide bonds. The van der Waals surface area contributed by atoms with Crippen molar-refractivity contribution in [2.45, 2.75) is 59.2 Å². The van der Waals surface area contributed by atoms with E-state index in [4.69, 9.17) is 23.2 Å². The molecule has 1 N–H and O–H groups in total. The predicted molar refractivity (Wildman–Crippen MR) is 167 cm³/mol. The molecule has 0 aliphatic rings. The molecule has 3 aromatic rings. The Balaban J connectivity index is 2.13. The van der Waals surface area contributed by atoms with Gasteiger partial charge in [0, 0.05) is 29.1 Å². The molecule has 2 atom stereocenters. The van der Waals surface area contributed by atoms with Crippen molar-refractivity contribution in [3.8, 4) is 0 Å². The van der Waals surface area contributed by atoms with E-state index in [1.54, 1.807) is 44.2 Å². The zero-order valence-corrected chi connectivity index (χ0v) is 26.4. The maximum absolute atomic E-state index is 14.2. The van der Waals surface area contributed by atoms with Crippen LogP contribution in [0.5, 0.6) is 0 Å². The number of para-hydroxylation sites is 1. The molecule has 0 unspecified atom stereocenters. The van der Waals surface area contributed by atoms with E-state index in [2.05, 4.69) is 5.32 Å². The molecule has 10 heteroatoms. The Kier molecular flexibility index (Phi) is 11.2. The number of hydrogen-bond acceptors (Lipinski definition) is 4. The summed E-state index contributed by atoms with van der Waals surface area (Å²) in [6.07, 6.45) is 2.00. The van der Waals surface area contributed by atoms with Gasteiger partial charge in [-0.15, -0.1) is 0 Å². The van der Waals surface area contributed by atoms with Crippen molar-refractivity contribution in [3.05, 3.63) is 99.0 Å². The van der Waals surface area contributed by atoms with Gasteiger partial charge in [0.25, 0.3) is 0 Å². The average molecular weight is 619 g/mol. The van der Waals surface area contributed by atoms with Crippen LogP contribution < -0.4 is 9.62 Å². The van der Waals surface area contributed by atoms with Crippen molar-refractivity contribution < 1.29 is 18.0 Å². The van der Waals surface area contributed by atoms with Crippen LogP contribution in [-0.4, -0.2) is 50.0 Å². The Bertz CT molecular complexity index is 1460. The van der Waals surface area contributed by atoms with Gasteiger partial charge in [-0.1, -0.05) is 84.7 Å². The first kappa shape index (κ1) is 32.4. The van der Waals surface area contributed by atoms with Crippen LogP contribution >= 0.6 is 23.2 Å². The summed E-state index contributed by atoms with van der Waals surface area (Å²) in [7, 11) is -3.86. The van der Waals surface area contributed by atoms with Crippen LogP contribution in [-0.2, 0) is 32.6 Å². The largest absolute Gasteiger partial charge is 0.352 e. The maximum Gasteiger partial charge on any atom is 0.244 e. The zero-order valence-electron chi connectivity index (χ0n) is 24.0. The summed E-state index contributed by atoms with van der Waals surface area (Å²) in [5, 5.41) is 3.78. The van der Waals surface area contributed by atoms with Gasteiger partial charge in [-0.05, 0) is 61.6 Å². The molecule has 3 aromatic carbocycles. The lowest BCUT2D eigenvalue weighted by Crippen LogP contribution is -2.54. The number of anilines is 1. The number of nitrogens with one attached hydrogen (secondary N) is 1. The number of benzene rings is 3. The van der Waals surface area contributed by atoms with Gasteiger partial charge in [-0.25, -0.2) is 8.42 Å². The third-order valence-electron chi connectivity index (χ3n) is 7.00. The summed E-state index contributed by atoms with van der Waals surface area (Å²) in [6, 6.07) is 18.7. The number of aryl methyl sites for hydroxylation is 2. The number of halogens is 2. The highest BCUT2D eigenvalue weighted by Crippen LogP contribution is 2.28. The van der Waals surface area contributed by atoms with Crippen LogP contribution in [0.25, 0.3) is 0 Å². The van der Waals surface area contributed by atoms with E-state index in [1.807, 2.05) is 50.2 Å². The Labute approximate surface area is 253 Å². The van der Waals surface area contributed by atoms with Gasteiger partial charge in [-0.3, -0.25) is 13.9 Å². The van der Waals surface area contributed by atoms with E-state index < -0.39 is 28.5 Å². The van der Waals surface area contributed by atoms with Crippen LogP contribution in [0.2, 0.25) is 10.0 Å². The highest BCUT2D eigenvalue weighted by molar-refractivity contribution is 7.92. The minimum absolute atomic E-state index is 0.0232. The molecule has 0 aliphatic heterocycles. The normalized spacial score (nSPS) is 12.9. The maximum atomic E-state index is 14.2. The van der Waals surface area contributed by atoms with Gasteiger partial charge in [0.2, 0.25) is 21.8 Å². The molecule has 0 radical (unpaired) electrons. The highest BCUT2D eigenvalue weighted by atomic mass is 35.5. The SMILES string of the molecule is CC[C@H](C)NC(=O)[C@H](Cc1ccccc1)N(Cc1ccc(Cl)cc1Cl)C(=O)CN(c1c(C)cccc1C)S(C)(=O)=O. The first-order valence-electron chi connectivity index (χ1n) is 13.4. The zero-order chi connectivity index (χ0) is 30.3. The van der Waals surface area contributed by atoms with E-state index in [-0.39, 0.29) is 24.9 Å². The van der Waals surface area contributed by atoms with Gasteiger partial charge in [0.05, 0.1) is 11.9 Å². The predicted octanol–water partition coefficient (Wildman–Crippen LogP) is 5.93. The van der Waals surface area contributed by atoms with Gasteiger partial charge in [-0.2, -0.15) is 0 Å². The molecule has 0 bridgehead atoms. The molecule has 0 saturated carbocycles. The number of sulfonamides is 1. The number of nitrogens with zero attached hydrogens (tertiary/aromatic N) is 2. The second-order valence-corrected chi connectivity index (χ2v) is 13.0. The average Bonchev–Trinajstić information content (AvgIpc) is 2.90. The summed E-state index contributed by atoms with van der Waals surface area (Å²) >= 11 is 12.6. The van der Waals surface area contributed by atoms with E-state index >= 15 is 0 Å². The van der Waals surface area contributed by atoms with Crippen molar-refractivity contribution in [1.82, 2.24) is 10.2 Å². The smallest absolute Gasteiger partial charge is 0.244 e. The third kappa shape index (κ3) is 8.71. The van der Waals surface area contributed by atoms with Gasteiger partial charge < -0.3 is 10.2 Å². The minimum Gasteiger partial charge on any atom is -0.352 e. The molecule has 41 heavy (non-hydrogen) atoms. The standard InChI is InChI=1S/C31H37Cl2N3O4S/c1-6-23(4)34-31(38)28(17-24-13-8-7-9-14-24)35(19-25-15-16-26(32)18-27(25)33)29(37)20-36(41(5,39)40)30-21(2)11-10-12-22(30)3/h7-16,18,23,28H,6,17,19-20H2,1-5H3,(H,34,38)/t23-,28-/m0/s1. The molecule has 0 heterocycles. The Morgan fingerprint density at radius 1 is 0.951 bits per heavy atom. The Morgan fingerprint density at radius 3 is 2.15 bits per heavy atom. The van der Waals surface area contributed by atoms with Crippen LogP contribution in [0.3, 0.4) is 0 Å². The van der Waals surface area contributed by atoms with Gasteiger partial charge in [0.1, 0.15) is 12.6 Å². The summed E-state index contributed by atoms with van der Waals surface area (Å²) in [4.78, 5) is 29.4. The molecule has 0 fully saturated rings. The molecule has 3 rings (SSSR count). The van der Waals surface area contributed by atoms with E-state index in [1.165, 1.54) is 4.90 Å². The first-order chi connectivity index (χ1) is 19.3. The summed E-state index contributed by atoms with van der Waals surface area (Å²) in [5.74, 6) is -0.871. The van der Waals surface area contributed by atoms with Gasteiger partial charge in [0.15, 0.2) is 0 Å². The number of carbonyl (C=O) groups excluding carboxylic acids is 2. The summed E-state index contributed by atoms with van der Waals surface area (Å²) in [6.45, 7) is 6.94. The lowest BCUT2D eigenvalue weighted by atomic mass is 10.0. The third-order valence-corrected chi connectivity index (χ3v) is 8.70. The number of hydrogen-bond donors (Lipinski definition) is 1. The molecule has 7 nitrogen and oxygen atoms in total. The molecule has 0 aliphatic carbocycles. The minimum atomic E-state index is -3.86. The van der Waals surface area contributed by atoms with E-state index in [0.29, 0.717) is 38.8 Å². The number of carbonyl (C=O) groups is 2. The van der Waals surface area contributed by atoms with E-state index in [0.717, 1.165) is 16.1 Å². The second kappa shape index (κ2) is 14.2. The van der Waals surface area contributed by atoms with Crippen molar-refractivity contribution in [2.75, 3.05) is 17.1 Å². The lowest BCUT2D eigenvalue weighted by Gasteiger charge is -2.34. The van der Waals surface area contributed by atoms with Crippen LogP contribution in [0, 0.1) is 13.8 Å². The lowest BCUT2D eigenvalue weighted by molar-refractivity contribution is -0.140. The van der Waals surface area contributed by atoms with Crippen molar-refractivity contribution in [3.63, 3.8) is 0 Å². The number of amides is 2. The quantitative estimate of drug-likeness (QED) is 0.273. The van der Waals surface area contributed by atoms with Crippen molar-refractivity contribution >= 4 is 50.7 Å². The molecule has 0 saturated heterocycles. The van der Waals surface area contributed by atoms with Gasteiger partial charge >= 0.3 is 0 Å². The van der Waals surface area contributed by atoms with Crippen molar-refractivity contribution in [2.24, 2.45) is 0 Å². The van der Waals surface area contributed by atoms with Crippen molar-refractivity contribution in [1.29, 1.82) is 0 Å². The molecular formula is C31H37Cl2N3O4S. The molecule has 220 valence electrons. The fourth-order valence-electron chi connectivity index (χ4n) is 4.60. The summed E-state index contributed by atoms with van der Waals surface area (Å²) < 4.78 is 27.2. The summed E-state index contributed by atoms with van der Waals surface area (Å²) in [5.41, 5.74) is 3.30. The topological polar surface area (TPSA) is 86.8 Å². The Morgan fingerprint density at radius 2 is 1.59 bits per heavy atom. The molecule has 0 aromatic heterocycles. The highest BCUT2D eigenvalue weighted by Gasteiger charge is 2.34. The second-order valence-electron chi connectivity index (χ2n) is 10.3. The monoisotopic (exact) mass is 617 g/mol. The van der Waals surface area contributed by atoms with Crippen LogP contribution in [0.4, 0.5) is 5.69 Å². The number of rotatable bonds is 12. The molecule has 0 spiro atoms. The Hall–Kier alpha value is -3.07. The first-order valence-corrected chi connectivity index (χ1v) is 16.0. The fraction of sp³-hybridized carbons (Fsp3) is 0.355. The van der Waals surface area contributed by atoms with Crippen LogP contribution in [0.15, 0.2) is 66.7 Å².